The molecule has 2 aromatic rings. The fraction of sp³-hybridized carbons (Fsp3) is 0.133. The molecule has 0 aliphatic heterocycles. The minimum Gasteiger partial charge on any atom is -0.507 e. The third kappa shape index (κ3) is 5.80. The predicted octanol–water partition coefficient (Wildman–Crippen LogP) is 3.69. The number of carbonyl (C=O) groups excluding carboxylic acids is 1. The lowest BCUT2D eigenvalue weighted by Crippen LogP contribution is -2.13. The SMILES string of the molecule is O=C(OCCOc1cc(I)c(S(=O)(=O)O)c(I)c1)c1ccc(O)c(I)c1. The Bertz CT molecular complexity index is 921. The van der Waals surface area contributed by atoms with Crippen LogP contribution in [-0.2, 0) is 14.9 Å². The molecule has 0 aliphatic rings. The van der Waals surface area contributed by atoms with Crippen molar-refractivity contribution in [3.05, 3.63) is 46.6 Å². The van der Waals surface area contributed by atoms with Gasteiger partial charge in [-0.3, -0.25) is 4.55 Å². The molecule has 0 unspecified atom stereocenters. The van der Waals surface area contributed by atoms with Crippen molar-refractivity contribution in [3.8, 4) is 11.5 Å². The van der Waals surface area contributed by atoms with E-state index in [1.165, 1.54) is 30.3 Å². The number of phenolic OH excluding ortho intramolecular Hbond substituents is 1. The van der Waals surface area contributed by atoms with E-state index in [1.54, 1.807) is 45.2 Å². The fourth-order valence-corrected chi connectivity index (χ4v) is 6.38. The molecule has 0 aromatic heterocycles. The number of esters is 1. The maximum absolute atomic E-state index is 11.9. The first kappa shape index (κ1) is 21.9. The van der Waals surface area contributed by atoms with Crippen molar-refractivity contribution in [2.75, 3.05) is 13.2 Å². The Hall–Kier alpha value is -0.390. The van der Waals surface area contributed by atoms with Crippen LogP contribution < -0.4 is 4.74 Å². The van der Waals surface area contributed by atoms with Gasteiger partial charge in [-0.1, -0.05) is 0 Å². The summed E-state index contributed by atoms with van der Waals surface area (Å²) in [6.45, 7) is 0.0573. The van der Waals surface area contributed by atoms with Crippen LogP contribution in [0.1, 0.15) is 10.4 Å². The summed E-state index contributed by atoms with van der Waals surface area (Å²) in [5, 5.41) is 9.45. The lowest BCUT2D eigenvalue weighted by atomic mass is 10.2. The summed E-state index contributed by atoms with van der Waals surface area (Å²) in [6.07, 6.45) is 0. The zero-order valence-electron chi connectivity index (χ0n) is 12.8. The number of halogens is 3. The van der Waals surface area contributed by atoms with Crippen LogP contribution in [0.5, 0.6) is 11.5 Å². The number of carbonyl (C=O) groups is 1. The number of hydrogen-bond acceptors (Lipinski definition) is 6. The molecule has 0 bridgehead atoms. The molecule has 0 atom stereocenters. The Balaban J connectivity index is 1.94. The standard InChI is InChI=1S/C15H11I3O7S/c16-10-5-8(1-2-13(10)19)15(20)25-4-3-24-9-6-11(17)14(12(18)7-9)26(21,22)23/h1-2,5-7,19H,3-4H2,(H,21,22,23). The van der Waals surface area contributed by atoms with E-state index in [2.05, 4.69) is 0 Å². The molecule has 0 fully saturated rings. The number of phenols is 1. The molecule has 0 aliphatic carbocycles. The average Bonchev–Trinajstić information content (AvgIpc) is 2.52. The van der Waals surface area contributed by atoms with E-state index in [-0.39, 0.29) is 23.9 Å². The normalized spacial score (nSPS) is 11.2. The molecular formula is C15H11I3O7S. The Morgan fingerprint density at radius 1 is 1.00 bits per heavy atom. The number of aromatic hydroxyl groups is 1. The van der Waals surface area contributed by atoms with E-state index in [4.69, 9.17) is 9.47 Å². The van der Waals surface area contributed by atoms with E-state index >= 15 is 0 Å². The molecule has 0 amide bonds. The summed E-state index contributed by atoms with van der Waals surface area (Å²) in [4.78, 5) is 11.8. The maximum Gasteiger partial charge on any atom is 0.338 e. The second-order valence-corrected chi connectivity index (χ2v) is 9.69. The topological polar surface area (TPSA) is 110 Å². The maximum atomic E-state index is 11.9. The third-order valence-electron chi connectivity index (χ3n) is 3.00. The van der Waals surface area contributed by atoms with Gasteiger partial charge in [0.15, 0.2) is 0 Å². The molecule has 0 radical (unpaired) electrons. The van der Waals surface area contributed by atoms with Gasteiger partial charge >= 0.3 is 5.97 Å². The number of rotatable bonds is 6. The van der Waals surface area contributed by atoms with Gasteiger partial charge in [-0.2, -0.15) is 8.42 Å². The molecule has 7 nitrogen and oxygen atoms in total. The lowest BCUT2D eigenvalue weighted by molar-refractivity contribution is 0.0450. The van der Waals surface area contributed by atoms with Crippen molar-refractivity contribution in [1.29, 1.82) is 0 Å². The highest BCUT2D eigenvalue weighted by atomic mass is 127. The van der Waals surface area contributed by atoms with Gasteiger partial charge in [-0.15, -0.1) is 0 Å². The predicted molar refractivity (Wildman–Crippen MR) is 118 cm³/mol. The summed E-state index contributed by atoms with van der Waals surface area (Å²) >= 11 is 5.49. The van der Waals surface area contributed by atoms with Crippen LogP contribution in [0.25, 0.3) is 0 Å². The van der Waals surface area contributed by atoms with Gasteiger partial charge in [-0.05, 0) is 98.1 Å². The van der Waals surface area contributed by atoms with Gasteiger partial charge in [0.05, 0.1) is 9.13 Å². The van der Waals surface area contributed by atoms with Crippen LogP contribution in [0.3, 0.4) is 0 Å². The highest BCUT2D eigenvalue weighted by Gasteiger charge is 2.19. The van der Waals surface area contributed by atoms with Gasteiger partial charge in [0.2, 0.25) is 0 Å². The minimum absolute atomic E-state index is 0.0104. The van der Waals surface area contributed by atoms with Crippen LogP contribution in [-0.4, -0.2) is 37.3 Å². The minimum atomic E-state index is -4.31. The van der Waals surface area contributed by atoms with Gasteiger partial charge in [0.25, 0.3) is 10.1 Å². The molecule has 0 saturated carbocycles. The molecular weight excluding hydrogens is 705 g/mol. The van der Waals surface area contributed by atoms with Crippen LogP contribution in [0.2, 0.25) is 0 Å². The van der Waals surface area contributed by atoms with Crippen LogP contribution in [0.15, 0.2) is 35.2 Å². The fourth-order valence-electron chi connectivity index (χ4n) is 1.88. The van der Waals surface area contributed by atoms with Crippen molar-refractivity contribution < 1.29 is 32.3 Å². The van der Waals surface area contributed by atoms with Gasteiger partial charge < -0.3 is 14.6 Å². The molecule has 2 N–H and O–H groups in total. The second kappa shape index (κ2) is 9.20. The largest absolute Gasteiger partial charge is 0.507 e. The number of hydrogen-bond donors (Lipinski definition) is 2. The Labute approximate surface area is 190 Å². The van der Waals surface area contributed by atoms with Gasteiger partial charge in [0.1, 0.15) is 29.6 Å². The van der Waals surface area contributed by atoms with Crippen molar-refractivity contribution >= 4 is 83.9 Å². The molecule has 140 valence electrons. The lowest BCUT2D eigenvalue weighted by Gasteiger charge is -2.11. The summed E-state index contributed by atoms with van der Waals surface area (Å²) in [7, 11) is -4.31. The number of benzene rings is 2. The van der Waals surface area contributed by atoms with Gasteiger partial charge in [0, 0.05) is 7.14 Å². The Kier molecular flexibility index (Phi) is 7.75. The van der Waals surface area contributed by atoms with E-state index in [9.17, 15) is 22.9 Å². The van der Waals surface area contributed by atoms with E-state index in [0.29, 0.717) is 22.0 Å². The molecule has 0 heterocycles. The van der Waals surface area contributed by atoms with Crippen molar-refractivity contribution in [1.82, 2.24) is 0 Å². The monoisotopic (exact) mass is 716 g/mol. The third-order valence-corrected chi connectivity index (χ3v) is 7.25. The van der Waals surface area contributed by atoms with E-state index in [0.717, 1.165) is 0 Å². The van der Waals surface area contributed by atoms with Gasteiger partial charge in [-0.25, -0.2) is 4.79 Å². The zero-order chi connectivity index (χ0) is 19.5. The highest BCUT2D eigenvalue weighted by Crippen LogP contribution is 2.29. The van der Waals surface area contributed by atoms with Crippen molar-refractivity contribution in [2.24, 2.45) is 0 Å². The summed E-state index contributed by atoms with van der Waals surface area (Å²) in [5.41, 5.74) is 0.314. The second-order valence-electron chi connectivity index (χ2n) is 4.84. The highest BCUT2D eigenvalue weighted by molar-refractivity contribution is 14.1. The summed E-state index contributed by atoms with van der Waals surface area (Å²) in [5.74, 6) is -0.0677. The Morgan fingerprint density at radius 2 is 1.62 bits per heavy atom. The molecule has 0 spiro atoms. The molecule has 2 aromatic carbocycles. The smallest absolute Gasteiger partial charge is 0.338 e. The quantitative estimate of drug-likeness (QED) is 0.203. The zero-order valence-corrected chi connectivity index (χ0v) is 20.1. The van der Waals surface area contributed by atoms with E-state index in [1.807, 2.05) is 22.6 Å². The Morgan fingerprint density at radius 3 is 2.15 bits per heavy atom. The van der Waals surface area contributed by atoms with Crippen LogP contribution in [0.4, 0.5) is 0 Å². The van der Waals surface area contributed by atoms with Crippen LogP contribution >= 0.6 is 67.8 Å². The van der Waals surface area contributed by atoms with E-state index < -0.39 is 16.1 Å². The first-order valence-corrected chi connectivity index (χ1v) is 11.5. The summed E-state index contributed by atoms with van der Waals surface area (Å²) < 4.78 is 43.6. The average molecular weight is 716 g/mol. The van der Waals surface area contributed by atoms with Crippen molar-refractivity contribution in [3.63, 3.8) is 0 Å². The van der Waals surface area contributed by atoms with Crippen LogP contribution in [0, 0.1) is 10.7 Å². The first-order chi connectivity index (χ1) is 12.1. The van der Waals surface area contributed by atoms with Crippen molar-refractivity contribution in [2.45, 2.75) is 4.90 Å². The first-order valence-electron chi connectivity index (χ1n) is 6.84. The molecule has 2 rings (SSSR count). The molecule has 11 heteroatoms. The molecule has 26 heavy (non-hydrogen) atoms. The summed E-state index contributed by atoms with van der Waals surface area (Å²) in [6, 6.07) is 7.32. The molecule has 0 saturated heterocycles. The number of ether oxygens (including phenoxy) is 2.